The standard InChI is InChI=1S/C14H12FNO3S/c1-8(10-4-5-20-7-10)13(17)16-12-6-9(14(18)19)2-3-11(12)15/h2-8H,1H3,(H,16,17)(H,18,19)/t8-/m1/s1. The van der Waals surface area contributed by atoms with Crippen molar-refractivity contribution in [1.82, 2.24) is 0 Å². The van der Waals surface area contributed by atoms with Crippen LogP contribution in [-0.4, -0.2) is 17.0 Å². The maximum atomic E-state index is 13.6. The van der Waals surface area contributed by atoms with Crippen LogP contribution in [0.4, 0.5) is 10.1 Å². The van der Waals surface area contributed by atoms with E-state index in [9.17, 15) is 14.0 Å². The Kier molecular flexibility index (Phi) is 4.14. The van der Waals surface area contributed by atoms with Gasteiger partial charge >= 0.3 is 5.97 Å². The number of carboxylic acids is 1. The second-order valence-electron chi connectivity index (χ2n) is 4.27. The zero-order chi connectivity index (χ0) is 14.7. The van der Waals surface area contributed by atoms with E-state index in [4.69, 9.17) is 5.11 Å². The molecule has 0 aliphatic carbocycles. The van der Waals surface area contributed by atoms with Crippen molar-refractivity contribution in [2.24, 2.45) is 0 Å². The molecule has 0 spiro atoms. The first kappa shape index (κ1) is 14.2. The van der Waals surface area contributed by atoms with Crippen LogP contribution < -0.4 is 5.32 Å². The average molecular weight is 293 g/mol. The summed E-state index contributed by atoms with van der Waals surface area (Å²) in [5.74, 6) is -2.66. The zero-order valence-corrected chi connectivity index (χ0v) is 11.4. The number of aromatic carboxylic acids is 1. The van der Waals surface area contributed by atoms with Crippen LogP contribution in [0.3, 0.4) is 0 Å². The molecule has 0 fully saturated rings. The molecule has 2 rings (SSSR count). The highest BCUT2D eigenvalue weighted by Gasteiger charge is 2.18. The number of thiophene rings is 1. The van der Waals surface area contributed by atoms with Crippen LogP contribution in [0.1, 0.15) is 28.8 Å². The summed E-state index contributed by atoms with van der Waals surface area (Å²) in [7, 11) is 0. The van der Waals surface area contributed by atoms with Gasteiger partial charge in [-0.15, -0.1) is 0 Å². The first-order valence-corrected chi connectivity index (χ1v) is 6.79. The minimum atomic E-state index is -1.17. The second kappa shape index (κ2) is 5.83. The van der Waals surface area contributed by atoms with Crippen LogP contribution in [0.5, 0.6) is 0 Å². The molecule has 1 atom stereocenters. The van der Waals surface area contributed by atoms with E-state index in [0.717, 1.165) is 23.8 Å². The monoisotopic (exact) mass is 293 g/mol. The van der Waals surface area contributed by atoms with E-state index in [0.29, 0.717) is 0 Å². The molecule has 0 saturated heterocycles. The number of anilines is 1. The molecule has 0 bridgehead atoms. The molecule has 0 radical (unpaired) electrons. The summed E-state index contributed by atoms with van der Waals surface area (Å²) < 4.78 is 13.6. The number of hydrogen-bond donors (Lipinski definition) is 2. The van der Waals surface area contributed by atoms with Crippen LogP contribution in [0.15, 0.2) is 35.0 Å². The molecule has 0 saturated carbocycles. The molecule has 1 amide bonds. The zero-order valence-electron chi connectivity index (χ0n) is 10.6. The average Bonchev–Trinajstić information content (AvgIpc) is 2.94. The van der Waals surface area contributed by atoms with Gasteiger partial charge in [0.25, 0.3) is 0 Å². The van der Waals surface area contributed by atoms with Crippen LogP contribution in [0.25, 0.3) is 0 Å². The lowest BCUT2D eigenvalue weighted by Crippen LogP contribution is -2.19. The van der Waals surface area contributed by atoms with E-state index in [-0.39, 0.29) is 17.2 Å². The van der Waals surface area contributed by atoms with Crippen LogP contribution in [0, 0.1) is 5.82 Å². The SMILES string of the molecule is C[C@@H](C(=O)Nc1cc(C(=O)O)ccc1F)c1ccsc1. The van der Waals surface area contributed by atoms with Crippen molar-refractivity contribution in [2.75, 3.05) is 5.32 Å². The van der Waals surface area contributed by atoms with Crippen molar-refractivity contribution >= 4 is 28.9 Å². The third-order valence-electron chi connectivity index (χ3n) is 2.91. The molecule has 1 aromatic heterocycles. The molecule has 0 unspecified atom stereocenters. The number of benzene rings is 1. The Balaban J connectivity index is 2.19. The molecule has 1 heterocycles. The topological polar surface area (TPSA) is 66.4 Å². The Morgan fingerprint density at radius 3 is 2.70 bits per heavy atom. The van der Waals surface area contributed by atoms with E-state index >= 15 is 0 Å². The van der Waals surface area contributed by atoms with Crippen LogP contribution >= 0.6 is 11.3 Å². The molecule has 6 heteroatoms. The van der Waals surface area contributed by atoms with Crippen molar-refractivity contribution in [3.8, 4) is 0 Å². The summed E-state index contributed by atoms with van der Waals surface area (Å²) in [6, 6.07) is 5.10. The maximum Gasteiger partial charge on any atom is 0.335 e. The Hall–Kier alpha value is -2.21. The van der Waals surface area contributed by atoms with Gasteiger partial charge in [-0.3, -0.25) is 4.79 Å². The fraction of sp³-hybridized carbons (Fsp3) is 0.143. The highest BCUT2D eigenvalue weighted by molar-refractivity contribution is 7.08. The summed E-state index contributed by atoms with van der Waals surface area (Å²) >= 11 is 1.47. The van der Waals surface area contributed by atoms with Crippen LogP contribution in [0.2, 0.25) is 0 Å². The van der Waals surface area contributed by atoms with Gasteiger partial charge in [-0.2, -0.15) is 11.3 Å². The Bertz CT molecular complexity index is 640. The number of hydrogen-bond acceptors (Lipinski definition) is 3. The van der Waals surface area contributed by atoms with Gasteiger partial charge in [0.15, 0.2) is 0 Å². The van der Waals surface area contributed by atoms with E-state index in [2.05, 4.69) is 5.32 Å². The highest BCUT2D eigenvalue weighted by Crippen LogP contribution is 2.22. The molecule has 20 heavy (non-hydrogen) atoms. The quantitative estimate of drug-likeness (QED) is 0.908. The number of halogens is 1. The van der Waals surface area contributed by atoms with Crippen molar-refractivity contribution in [3.63, 3.8) is 0 Å². The number of carbonyl (C=O) groups excluding carboxylic acids is 1. The van der Waals surface area contributed by atoms with Crippen molar-refractivity contribution in [3.05, 3.63) is 52.0 Å². The normalized spacial score (nSPS) is 11.9. The lowest BCUT2D eigenvalue weighted by atomic mass is 10.0. The first-order chi connectivity index (χ1) is 9.49. The van der Waals surface area contributed by atoms with Gasteiger partial charge in [-0.1, -0.05) is 0 Å². The minimum Gasteiger partial charge on any atom is -0.478 e. The fourth-order valence-corrected chi connectivity index (χ4v) is 2.42. The predicted octanol–water partition coefficient (Wildman–Crippen LogP) is 3.33. The Morgan fingerprint density at radius 2 is 2.10 bits per heavy atom. The summed E-state index contributed by atoms with van der Waals surface area (Å²) in [6.45, 7) is 1.70. The van der Waals surface area contributed by atoms with Crippen molar-refractivity contribution in [1.29, 1.82) is 0 Å². The van der Waals surface area contributed by atoms with Gasteiger partial charge < -0.3 is 10.4 Å². The van der Waals surface area contributed by atoms with Gasteiger partial charge in [0.05, 0.1) is 17.2 Å². The number of rotatable bonds is 4. The second-order valence-corrected chi connectivity index (χ2v) is 5.05. The number of carboxylic acid groups (broad SMARTS) is 1. The molecular weight excluding hydrogens is 281 g/mol. The first-order valence-electron chi connectivity index (χ1n) is 5.85. The smallest absolute Gasteiger partial charge is 0.335 e. The lowest BCUT2D eigenvalue weighted by Gasteiger charge is -2.12. The molecule has 2 N–H and O–H groups in total. The van der Waals surface area contributed by atoms with Gasteiger partial charge in [0.2, 0.25) is 5.91 Å². The predicted molar refractivity (Wildman–Crippen MR) is 74.7 cm³/mol. The molecule has 2 aromatic rings. The number of nitrogens with one attached hydrogen (secondary N) is 1. The summed E-state index contributed by atoms with van der Waals surface area (Å²) in [5.41, 5.74) is 0.629. The summed E-state index contributed by atoms with van der Waals surface area (Å²) in [5, 5.41) is 15.0. The van der Waals surface area contributed by atoms with E-state index in [1.807, 2.05) is 16.8 Å². The third-order valence-corrected chi connectivity index (χ3v) is 3.61. The molecule has 0 aliphatic rings. The number of carbonyl (C=O) groups is 2. The molecule has 104 valence electrons. The fourth-order valence-electron chi connectivity index (χ4n) is 1.67. The highest BCUT2D eigenvalue weighted by atomic mass is 32.1. The molecule has 0 aliphatic heterocycles. The third kappa shape index (κ3) is 3.03. The van der Waals surface area contributed by atoms with Gasteiger partial charge in [-0.25, -0.2) is 9.18 Å². The Morgan fingerprint density at radius 1 is 1.35 bits per heavy atom. The van der Waals surface area contributed by atoms with Crippen molar-refractivity contribution < 1.29 is 19.1 Å². The lowest BCUT2D eigenvalue weighted by molar-refractivity contribution is -0.117. The van der Waals surface area contributed by atoms with E-state index in [1.165, 1.54) is 11.3 Å². The van der Waals surface area contributed by atoms with Gasteiger partial charge in [0, 0.05) is 0 Å². The van der Waals surface area contributed by atoms with E-state index < -0.39 is 17.7 Å². The van der Waals surface area contributed by atoms with Gasteiger partial charge in [-0.05, 0) is 47.5 Å². The molecule has 4 nitrogen and oxygen atoms in total. The largest absolute Gasteiger partial charge is 0.478 e. The minimum absolute atomic E-state index is 0.0788. The van der Waals surface area contributed by atoms with Gasteiger partial charge in [0.1, 0.15) is 5.82 Å². The van der Waals surface area contributed by atoms with E-state index in [1.54, 1.807) is 6.92 Å². The van der Waals surface area contributed by atoms with Crippen LogP contribution in [-0.2, 0) is 4.79 Å². The summed E-state index contributed by atoms with van der Waals surface area (Å²) in [6.07, 6.45) is 0. The molecular formula is C14H12FNO3S. The Labute approximate surface area is 118 Å². The number of amides is 1. The maximum absolute atomic E-state index is 13.6. The summed E-state index contributed by atoms with van der Waals surface area (Å²) in [4.78, 5) is 22.9. The molecule has 1 aromatic carbocycles. The van der Waals surface area contributed by atoms with Crippen molar-refractivity contribution in [2.45, 2.75) is 12.8 Å².